The van der Waals surface area contributed by atoms with Gasteiger partial charge < -0.3 is 15.0 Å². The molecule has 0 fully saturated rings. The number of anilines is 1. The second kappa shape index (κ2) is 14.3. The number of halogens is 3. The topological polar surface area (TPSA) is 96.0 Å². The van der Waals surface area contributed by atoms with Gasteiger partial charge in [0.2, 0.25) is 11.8 Å². The molecule has 3 aromatic carbocycles. The fraction of sp³-hybridized carbons (Fsp3) is 0.310. The minimum Gasteiger partial charge on any atom is -0.495 e. The number of carbonyl (C=O) groups is 2. The van der Waals surface area contributed by atoms with E-state index in [2.05, 4.69) is 5.32 Å². The molecule has 0 unspecified atom stereocenters. The summed E-state index contributed by atoms with van der Waals surface area (Å²) in [7, 11) is -2.90. The van der Waals surface area contributed by atoms with Gasteiger partial charge in [-0.3, -0.25) is 13.9 Å². The number of nitrogens with zero attached hydrogens (tertiary/aromatic N) is 2. The first-order valence-electron chi connectivity index (χ1n) is 12.9. The van der Waals surface area contributed by atoms with Crippen LogP contribution in [-0.4, -0.2) is 51.4 Å². The van der Waals surface area contributed by atoms with Gasteiger partial charge in [-0.15, -0.1) is 0 Å². The second-order valence-electron chi connectivity index (χ2n) is 9.23. The zero-order valence-electron chi connectivity index (χ0n) is 23.2. The van der Waals surface area contributed by atoms with Gasteiger partial charge in [-0.2, -0.15) is 0 Å². The van der Waals surface area contributed by atoms with Crippen LogP contribution in [0.5, 0.6) is 5.75 Å². The number of hydrogen-bond acceptors (Lipinski definition) is 5. The predicted molar refractivity (Wildman–Crippen MR) is 163 cm³/mol. The Morgan fingerprint density at radius 3 is 2.22 bits per heavy atom. The summed E-state index contributed by atoms with van der Waals surface area (Å²) >= 11 is 18.6. The number of carbonyl (C=O) groups excluding carboxylic acids is 2. The molecule has 0 heterocycles. The molecule has 0 radical (unpaired) electrons. The van der Waals surface area contributed by atoms with Crippen LogP contribution in [0.4, 0.5) is 5.69 Å². The molecule has 3 aromatic rings. The summed E-state index contributed by atoms with van der Waals surface area (Å²) < 4.78 is 34.5. The highest BCUT2D eigenvalue weighted by Crippen LogP contribution is 2.35. The standard InChI is InChI=1S/C29H32Cl3N3O5S/c1-5-25(29(37)33-6-2)34(17-20-9-13-23(31)24(32)15-20)28(36)18-35(26-16-21(30)10-14-27(26)40-4)41(38,39)22-11-7-19(3)8-12-22/h7-16,25H,5-6,17-18H2,1-4H3,(H,33,37)/t25-/m1/s1. The third kappa shape index (κ3) is 7.86. The van der Waals surface area contributed by atoms with Crippen molar-refractivity contribution in [3.63, 3.8) is 0 Å². The van der Waals surface area contributed by atoms with Gasteiger partial charge in [0.15, 0.2) is 0 Å². The molecule has 0 aliphatic rings. The highest BCUT2D eigenvalue weighted by Gasteiger charge is 2.34. The molecular weight excluding hydrogens is 609 g/mol. The summed E-state index contributed by atoms with van der Waals surface area (Å²) in [6, 6.07) is 14.8. The zero-order chi connectivity index (χ0) is 30.3. The normalized spacial score (nSPS) is 12.0. The summed E-state index contributed by atoms with van der Waals surface area (Å²) in [6.45, 7) is 5.09. The molecule has 0 spiro atoms. The fourth-order valence-corrected chi connectivity index (χ4v) is 6.16. The van der Waals surface area contributed by atoms with E-state index in [0.717, 1.165) is 9.87 Å². The maximum atomic E-state index is 14.1. The number of sulfonamides is 1. The number of hydrogen-bond donors (Lipinski definition) is 1. The minimum absolute atomic E-state index is 0.0174. The van der Waals surface area contributed by atoms with Crippen molar-refractivity contribution < 1.29 is 22.7 Å². The van der Waals surface area contributed by atoms with Crippen molar-refractivity contribution in [2.45, 2.75) is 44.7 Å². The van der Waals surface area contributed by atoms with Gasteiger partial charge in [0, 0.05) is 18.1 Å². The highest BCUT2D eigenvalue weighted by atomic mass is 35.5. The van der Waals surface area contributed by atoms with Gasteiger partial charge in [0.05, 0.1) is 27.7 Å². The van der Waals surface area contributed by atoms with Crippen LogP contribution in [0.3, 0.4) is 0 Å². The third-order valence-electron chi connectivity index (χ3n) is 6.37. The number of rotatable bonds is 12. The second-order valence-corrected chi connectivity index (χ2v) is 12.3. The predicted octanol–water partition coefficient (Wildman–Crippen LogP) is 6.10. The van der Waals surface area contributed by atoms with Crippen molar-refractivity contribution in [2.75, 3.05) is 24.5 Å². The highest BCUT2D eigenvalue weighted by molar-refractivity contribution is 7.92. The first-order valence-corrected chi connectivity index (χ1v) is 15.4. The van der Waals surface area contributed by atoms with Crippen molar-refractivity contribution in [1.82, 2.24) is 10.2 Å². The van der Waals surface area contributed by atoms with Crippen LogP contribution in [0.1, 0.15) is 31.4 Å². The number of amides is 2. The van der Waals surface area contributed by atoms with Gasteiger partial charge >= 0.3 is 0 Å². The molecule has 0 aromatic heterocycles. The Hall–Kier alpha value is -2.98. The fourth-order valence-electron chi connectivity index (χ4n) is 4.26. The van der Waals surface area contributed by atoms with E-state index in [0.29, 0.717) is 17.1 Å². The van der Waals surface area contributed by atoms with E-state index in [1.165, 1.54) is 36.3 Å². The Bertz CT molecular complexity index is 1500. The van der Waals surface area contributed by atoms with Gasteiger partial charge in [0.25, 0.3) is 10.0 Å². The smallest absolute Gasteiger partial charge is 0.264 e. The molecule has 1 N–H and O–H groups in total. The van der Waals surface area contributed by atoms with Crippen LogP contribution in [-0.2, 0) is 26.2 Å². The molecule has 3 rings (SSSR count). The quantitative estimate of drug-likeness (QED) is 0.258. The van der Waals surface area contributed by atoms with Crippen molar-refractivity contribution in [3.05, 3.63) is 86.9 Å². The summed E-state index contributed by atoms with van der Waals surface area (Å²) in [5, 5.41) is 3.64. The lowest BCUT2D eigenvalue weighted by Crippen LogP contribution is -2.52. The minimum atomic E-state index is -4.29. The first kappa shape index (κ1) is 32.5. The molecule has 8 nitrogen and oxygen atoms in total. The molecule has 2 amide bonds. The van der Waals surface area contributed by atoms with Crippen molar-refractivity contribution >= 4 is 62.3 Å². The summed E-state index contributed by atoms with van der Waals surface area (Å²) in [4.78, 5) is 28.5. The van der Waals surface area contributed by atoms with Crippen LogP contribution in [0.15, 0.2) is 65.6 Å². The van der Waals surface area contributed by atoms with Crippen LogP contribution in [0, 0.1) is 6.92 Å². The molecule has 0 saturated heterocycles. The third-order valence-corrected chi connectivity index (χ3v) is 9.12. The maximum Gasteiger partial charge on any atom is 0.264 e. The number of benzene rings is 3. The number of methoxy groups -OCH3 is 1. The van der Waals surface area contributed by atoms with Gasteiger partial charge in [-0.25, -0.2) is 8.42 Å². The molecule has 0 bridgehead atoms. The molecule has 220 valence electrons. The molecule has 12 heteroatoms. The monoisotopic (exact) mass is 639 g/mol. The average molecular weight is 641 g/mol. The summed E-state index contributed by atoms with van der Waals surface area (Å²) in [6.07, 6.45) is 0.282. The van der Waals surface area contributed by atoms with Crippen molar-refractivity contribution in [3.8, 4) is 5.75 Å². The van der Waals surface area contributed by atoms with E-state index < -0.39 is 28.5 Å². The van der Waals surface area contributed by atoms with Crippen molar-refractivity contribution in [1.29, 1.82) is 0 Å². The number of likely N-dealkylation sites (N-methyl/N-ethyl adjacent to an activating group) is 1. The lowest BCUT2D eigenvalue weighted by Gasteiger charge is -2.33. The SMILES string of the molecule is CCNC(=O)[C@@H](CC)N(Cc1ccc(Cl)c(Cl)c1)C(=O)CN(c1cc(Cl)ccc1OC)S(=O)(=O)c1ccc(C)cc1. The molecule has 0 aliphatic heterocycles. The lowest BCUT2D eigenvalue weighted by atomic mass is 10.1. The Morgan fingerprint density at radius 2 is 1.63 bits per heavy atom. The zero-order valence-corrected chi connectivity index (χ0v) is 26.2. The average Bonchev–Trinajstić information content (AvgIpc) is 2.93. The van der Waals surface area contributed by atoms with E-state index in [9.17, 15) is 18.0 Å². The number of ether oxygens (including phenoxy) is 1. The van der Waals surface area contributed by atoms with E-state index in [1.54, 1.807) is 50.2 Å². The largest absolute Gasteiger partial charge is 0.495 e. The molecular formula is C29H32Cl3N3O5S. The Labute approximate surface area is 256 Å². The van der Waals surface area contributed by atoms with Crippen molar-refractivity contribution in [2.24, 2.45) is 0 Å². The van der Waals surface area contributed by atoms with Crippen LogP contribution >= 0.6 is 34.8 Å². The van der Waals surface area contributed by atoms with E-state index in [1.807, 2.05) is 6.92 Å². The van der Waals surface area contributed by atoms with E-state index >= 15 is 0 Å². The van der Waals surface area contributed by atoms with Crippen LogP contribution in [0.2, 0.25) is 15.1 Å². The first-order chi connectivity index (χ1) is 19.4. The maximum absolute atomic E-state index is 14.1. The molecule has 41 heavy (non-hydrogen) atoms. The Kier molecular flexibility index (Phi) is 11.3. The summed E-state index contributed by atoms with van der Waals surface area (Å²) in [5.74, 6) is -0.784. The van der Waals surface area contributed by atoms with Gasteiger partial charge in [-0.05, 0) is 68.3 Å². The summed E-state index contributed by atoms with van der Waals surface area (Å²) in [5.41, 5.74) is 1.56. The Balaban J connectivity index is 2.14. The van der Waals surface area contributed by atoms with Gasteiger partial charge in [0.1, 0.15) is 18.3 Å². The number of nitrogens with one attached hydrogen (secondary N) is 1. The van der Waals surface area contributed by atoms with Crippen LogP contribution < -0.4 is 14.4 Å². The van der Waals surface area contributed by atoms with Crippen LogP contribution in [0.25, 0.3) is 0 Å². The van der Waals surface area contributed by atoms with Gasteiger partial charge in [-0.1, -0.05) is 65.5 Å². The molecule has 0 saturated carbocycles. The number of aryl methyl sites for hydroxylation is 1. The molecule has 0 aliphatic carbocycles. The Morgan fingerprint density at radius 1 is 0.951 bits per heavy atom. The van der Waals surface area contributed by atoms with E-state index in [4.69, 9.17) is 39.5 Å². The lowest BCUT2D eigenvalue weighted by molar-refractivity contribution is -0.140. The molecule has 1 atom stereocenters. The van der Waals surface area contributed by atoms with E-state index in [-0.39, 0.29) is 45.3 Å².